The molecule has 0 aliphatic heterocycles. The van der Waals surface area contributed by atoms with Gasteiger partial charge in [-0.05, 0) is 38.5 Å². The number of aromatic nitrogens is 1. The molecular weight excluding hydrogens is 244 g/mol. The Kier molecular flexibility index (Phi) is 4.76. The fraction of sp³-hybridized carbons (Fsp3) is 0.786. The van der Waals surface area contributed by atoms with Crippen LogP contribution in [0.3, 0.4) is 0 Å². The molecule has 18 heavy (non-hydrogen) atoms. The molecule has 2 N–H and O–H groups in total. The van der Waals surface area contributed by atoms with Crippen molar-refractivity contribution in [2.45, 2.75) is 57.6 Å². The summed E-state index contributed by atoms with van der Waals surface area (Å²) in [5.41, 5.74) is 1.36. The molecule has 0 radical (unpaired) electrons. The van der Waals surface area contributed by atoms with Crippen molar-refractivity contribution in [3.8, 4) is 0 Å². The highest BCUT2D eigenvalue weighted by molar-refractivity contribution is 7.09. The van der Waals surface area contributed by atoms with Gasteiger partial charge in [-0.25, -0.2) is 0 Å². The molecule has 0 bridgehead atoms. The van der Waals surface area contributed by atoms with Crippen LogP contribution in [-0.2, 0) is 0 Å². The number of thiazole rings is 1. The normalized spacial score (nSPS) is 30.3. The van der Waals surface area contributed by atoms with Crippen LogP contribution in [0.1, 0.15) is 56.9 Å². The second-order valence-corrected chi connectivity index (χ2v) is 6.50. The van der Waals surface area contributed by atoms with E-state index in [1.54, 1.807) is 11.3 Å². The van der Waals surface area contributed by atoms with E-state index in [-0.39, 0.29) is 6.04 Å². The molecule has 1 fully saturated rings. The Hall–Kier alpha value is -0.450. The van der Waals surface area contributed by atoms with Crippen molar-refractivity contribution in [1.29, 1.82) is 0 Å². The molecule has 1 aliphatic rings. The molecule has 0 aromatic carbocycles. The molecule has 3 nitrogen and oxygen atoms in total. The summed E-state index contributed by atoms with van der Waals surface area (Å²) < 4.78 is 0. The lowest BCUT2D eigenvalue weighted by atomic mass is 9.78. The molecule has 0 saturated heterocycles. The maximum Gasteiger partial charge on any atom is 0.0794 e. The van der Waals surface area contributed by atoms with E-state index in [0.29, 0.717) is 6.54 Å². The van der Waals surface area contributed by atoms with E-state index in [2.05, 4.69) is 24.1 Å². The van der Waals surface area contributed by atoms with Gasteiger partial charge < -0.3 is 10.4 Å². The van der Waals surface area contributed by atoms with Crippen LogP contribution in [0, 0.1) is 5.92 Å². The van der Waals surface area contributed by atoms with Gasteiger partial charge in [-0.1, -0.05) is 13.3 Å². The second kappa shape index (κ2) is 6.13. The second-order valence-electron chi connectivity index (χ2n) is 5.58. The minimum atomic E-state index is -0.495. The summed E-state index contributed by atoms with van der Waals surface area (Å²) in [6.07, 6.45) is 7.37. The Morgan fingerprint density at radius 2 is 2.28 bits per heavy atom. The van der Waals surface area contributed by atoms with Crippen LogP contribution in [0.4, 0.5) is 0 Å². The zero-order valence-electron chi connectivity index (χ0n) is 11.4. The van der Waals surface area contributed by atoms with Gasteiger partial charge in [-0.15, -0.1) is 11.3 Å². The maximum atomic E-state index is 10.6. The summed E-state index contributed by atoms with van der Waals surface area (Å²) in [7, 11) is 0. The first kappa shape index (κ1) is 14.0. The van der Waals surface area contributed by atoms with Crippen LogP contribution in [-0.4, -0.2) is 22.2 Å². The summed E-state index contributed by atoms with van der Waals surface area (Å²) in [6.45, 7) is 5.08. The Bertz CT molecular complexity index is 345. The zero-order chi connectivity index (χ0) is 13.0. The topological polar surface area (TPSA) is 45.1 Å². The predicted octanol–water partition coefficient (Wildman–Crippen LogP) is 3.13. The molecule has 1 aliphatic carbocycles. The third kappa shape index (κ3) is 3.53. The standard InChI is InChI=1S/C14H24N2OS/c1-3-12-4-6-14(17,7-5-12)9-16-11(2)13-8-15-10-18-13/h8,10-12,16-17H,3-7,9H2,1-2H3. The summed E-state index contributed by atoms with van der Waals surface area (Å²) in [5.74, 6) is 0.823. The van der Waals surface area contributed by atoms with E-state index < -0.39 is 5.60 Å². The molecule has 1 saturated carbocycles. The smallest absolute Gasteiger partial charge is 0.0794 e. The fourth-order valence-corrected chi connectivity index (χ4v) is 3.34. The first-order chi connectivity index (χ1) is 8.63. The third-order valence-corrected chi connectivity index (χ3v) is 5.19. The van der Waals surface area contributed by atoms with E-state index in [1.807, 2.05) is 11.7 Å². The van der Waals surface area contributed by atoms with Gasteiger partial charge >= 0.3 is 0 Å². The Balaban J connectivity index is 1.79. The van der Waals surface area contributed by atoms with Crippen molar-refractivity contribution in [1.82, 2.24) is 10.3 Å². The lowest BCUT2D eigenvalue weighted by molar-refractivity contribution is -0.0102. The number of rotatable bonds is 5. The van der Waals surface area contributed by atoms with Gasteiger partial charge in [0.15, 0.2) is 0 Å². The van der Waals surface area contributed by atoms with Crippen LogP contribution in [0.15, 0.2) is 11.7 Å². The quantitative estimate of drug-likeness (QED) is 0.862. The summed E-state index contributed by atoms with van der Waals surface area (Å²) >= 11 is 1.67. The number of nitrogens with zero attached hydrogens (tertiary/aromatic N) is 1. The third-order valence-electron chi connectivity index (χ3n) is 4.23. The number of nitrogens with one attached hydrogen (secondary N) is 1. The monoisotopic (exact) mass is 268 g/mol. The van der Waals surface area contributed by atoms with Gasteiger partial charge in [0.05, 0.1) is 11.1 Å². The van der Waals surface area contributed by atoms with Gasteiger partial charge in [0.2, 0.25) is 0 Å². The number of hydrogen-bond acceptors (Lipinski definition) is 4. The average Bonchev–Trinajstić information content (AvgIpc) is 2.91. The van der Waals surface area contributed by atoms with Crippen LogP contribution < -0.4 is 5.32 Å². The predicted molar refractivity (Wildman–Crippen MR) is 75.7 cm³/mol. The van der Waals surface area contributed by atoms with Gasteiger partial charge in [0, 0.05) is 23.7 Å². The van der Waals surface area contributed by atoms with Crippen LogP contribution in [0.25, 0.3) is 0 Å². The van der Waals surface area contributed by atoms with Crippen molar-refractivity contribution >= 4 is 11.3 Å². The van der Waals surface area contributed by atoms with E-state index in [1.165, 1.54) is 24.1 Å². The molecule has 102 valence electrons. The Morgan fingerprint density at radius 3 is 2.83 bits per heavy atom. The largest absolute Gasteiger partial charge is 0.389 e. The molecule has 1 unspecified atom stereocenters. The van der Waals surface area contributed by atoms with Crippen LogP contribution >= 0.6 is 11.3 Å². The first-order valence-corrected chi connectivity index (χ1v) is 7.85. The minimum absolute atomic E-state index is 0.283. The fourth-order valence-electron chi connectivity index (χ4n) is 2.68. The SMILES string of the molecule is CCC1CCC(O)(CNC(C)c2cncs2)CC1. The van der Waals surface area contributed by atoms with Crippen LogP contribution in [0.5, 0.6) is 0 Å². The van der Waals surface area contributed by atoms with Crippen molar-refractivity contribution < 1.29 is 5.11 Å². The zero-order valence-corrected chi connectivity index (χ0v) is 12.2. The summed E-state index contributed by atoms with van der Waals surface area (Å²) in [4.78, 5) is 5.33. The molecule has 2 rings (SSSR count). The lowest BCUT2D eigenvalue weighted by Crippen LogP contribution is -2.44. The summed E-state index contributed by atoms with van der Waals surface area (Å²) in [6, 6.07) is 0.283. The first-order valence-electron chi connectivity index (χ1n) is 6.97. The van der Waals surface area contributed by atoms with Crippen molar-refractivity contribution in [3.05, 3.63) is 16.6 Å². The molecule has 1 atom stereocenters. The van der Waals surface area contributed by atoms with E-state index in [0.717, 1.165) is 18.8 Å². The van der Waals surface area contributed by atoms with Gasteiger partial charge in [-0.2, -0.15) is 0 Å². The molecular formula is C14H24N2OS. The molecule has 1 aromatic rings. The van der Waals surface area contributed by atoms with Crippen molar-refractivity contribution in [2.75, 3.05) is 6.54 Å². The Labute approximate surface area is 114 Å². The van der Waals surface area contributed by atoms with Crippen molar-refractivity contribution in [3.63, 3.8) is 0 Å². The highest BCUT2D eigenvalue weighted by Gasteiger charge is 2.32. The lowest BCUT2D eigenvalue weighted by Gasteiger charge is -2.36. The Morgan fingerprint density at radius 1 is 1.56 bits per heavy atom. The van der Waals surface area contributed by atoms with E-state index in [9.17, 15) is 5.11 Å². The van der Waals surface area contributed by atoms with Crippen molar-refractivity contribution in [2.24, 2.45) is 5.92 Å². The minimum Gasteiger partial charge on any atom is -0.389 e. The molecule has 1 aromatic heterocycles. The highest BCUT2D eigenvalue weighted by atomic mass is 32.1. The summed E-state index contributed by atoms with van der Waals surface area (Å²) in [5, 5.41) is 14.0. The van der Waals surface area contributed by atoms with Gasteiger partial charge in [-0.3, -0.25) is 4.98 Å². The van der Waals surface area contributed by atoms with E-state index >= 15 is 0 Å². The average molecular weight is 268 g/mol. The number of hydrogen-bond donors (Lipinski definition) is 2. The maximum absolute atomic E-state index is 10.6. The molecule has 0 amide bonds. The van der Waals surface area contributed by atoms with Gasteiger partial charge in [0.25, 0.3) is 0 Å². The van der Waals surface area contributed by atoms with Crippen LogP contribution in [0.2, 0.25) is 0 Å². The number of aliphatic hydroxyl groups is 1. The van der Waals surface area contributed by atoms with Gasteiger partial charge in [0.1, 0.15) is 0 Å². The molecule has 4 heteroatoms. The molecule has 1 heterocycles. The molecule has 0 spiro atoms. The van der Waals surface area contributed by atoms with E-state index in [4.69, 9.17) is 0 Å². The highest BCUT2D eigenvalue weighted by Crippen LogP contribution is 2.33.